The number of piperidine rings is 3. The topological polar surface area (TPSA) is 45.6 Å². The van der Waals surface area contributed by atoms with E-state index in [1.165, 1.54) is 25.4 Å². The van der Waals surface area contributed by atoms with Gasteiger partial charge in [0.15, 0.2) is 0 Å². The van der Waals surface area contributed by atoms with Gasteiger partial charge in [-0.25, -0.2) is 13.7 Å². The maximum Gasteiger partial charge on any atom is 0.307 e. The molecule has 8 heteroatoms. The van der Waals surface area contributed by atoms with Crippen LogP contribution < -0.4 is 4.74 Å². The zero-order chi connectivity index (χ0) is 20.3. The largest absolute Gasteiger partial charge is 0.497 e. The molecule has 0 amide bonds. The molecule has 3 fully saturated rings. The molecule has 152 valence electrons. The number of nitrogens with zero attached hydrogens (tertiary/aromatic N) is 2. The van der Waals surface area contributed by atoms with Crippen molar-refractivity contribution in [3.05, 3.63) is 36.0 Å². The number of methoxy groups -OCH3 is 1. The number of hydrogen-bond donors (Lipinski definition) is 1. The van der Waals surface area contributed by atoms with Crippen LogP contribution in [0.25, 0.3) is 10.9 Å². The van der Waals surface area contributed by atoms with Crippen LogP contribution in [0.2, 0.25) is 0 Å². The van der Waals surface area contributed by atoms with Gasteiger partial charge in [-0.15, -0.1) is 0 Å². The molecule has 1 N–H and O–H groups in total. The molecule has 5 rings (SSSR count). The SMILES string of the molecule is CC[C@H]1CN2C(F)(F)C[C@H]1C[C@@]2(F)[C@@](O)(F)c1ccnc2ccc(OC)cc12. The Morgan fingerprint density at radius 3 is 2.68 bits per heavy atom. The molecule has 0 spiro atoms. The number of rotatable bonds is 4. The third kappa shape index (κ3) is 2.61. The first-order valence-corrected chi connectivity index (χ1v) is 9.33. The van der Waals surface area contributed by atoms with Crippen molar-refractivity contribution in [2.45, 2.75) is 43.9 Å². The minimum absolute atomic E-state index is 0.113. The van der Waals surface area contributed by atoms with E-state index in [1.54, 1.807) is 6.07 Å². The fourth-order valence-electron chi connectivity index (χ4n) is 4.73. The molecule has 1 unspecified atom stereocenters. The highest BCUT2D eigenvalue weighted by molar-refractivity contribution is 5.84. The summed E-state index contributed by atoms with van der Waals surface area (Å²) in [7, 11) is 1.41. The lowest BCUT2D eigenvalue weighted by atomic mass is 9.69. The molecule has 0 radical (unpaired) electrons. The summed E-state index contributed by atoms with van der Waals surface area (Å²) in [6.07, 6.45) is 0.787. The van der Waals surface area contributed by atoms with E-state index < -0.39 is 42.0 Å². The molecular weight excluding hydrogens is 376 g/mol. The van der Waals surface area contributed by atoms with E-state index in [2.05, 4.69) is 4.98 Å². The third-order valence-electron chi connectivity index (χ3n) is 6.28. The summed E-state index contributed by atoms with van der Waals surface area (Å²) in [5, 5.41) is 10.9. The second-order valence-corrected chi connectivity index (χ2v) is 7.74. The Hall–Kier alpha value is -1.93. The summed E-state index contributed by atoms with van der Waals surface area (Å²) >= 11 is 0. The number of pyridine rings is 1. The Labute approximate surface area is 160 Å². The minimum Gasteiger partial charge on any atom is -0.497 e. The van der Waals surface area contributed by atoms with Crippen LogP contribution in [-0.2, 0) is 5.85 Å². The molecule has 3 aliphatic heterocycles. The highest BCUT2D eigenvalue weighted by Crippen LogP contribution is 2.59. The molecular formula is C20H22F4N2O2. The highest BCUT2D eigenvalue weighted by atomic mass is 19.3. The number of alkyl halides is 4. The zero-order valence-corrected chi connectivity index (χ0v) is 15.6. The smallest absolute Gasteiger partial charge is 0.307 e. The summed E-state index contributed by atoms with van der Waals surface area (Å²) in [6, 6.07) is 2.14. The summed E-state index contributed by atoms with van der Waals surface area (Å²) in [5.74, 6) is -7.41. The Bertz CT molecular complexity index is 907. The van der Waals surface area contributed by atoms with Gasteiger partial charge in [-0.2, -0.15) is 8.78 Å². The highest BCUT2D eigenvalue weighted by Gasteiger charge is 2.70. The van der Waals surface area contributed by atoms with Gasteiger partial charge in [0.2, 0.25) is 5.79 Å². The molecule has 2 bridgehead atoms. The number of benzene rings is 1. The van der Waals surface area contributed by atoms with Gasteiger partial charge in [0.1, 0.15) is 5.75 Å². The zero-order valence-electron chi connectivity index (χ0n) is 15.6. The number of aromatic nitrogens is 1. The monoisotopic (exact) mass is 398 g/mol. The lowest BCUT2D eigenvalue weighted by molar-refractivity contribution is -0.374. The van der Waals surface area contributed by atoms with Crippen molar-refractivity contribution in [2.75, 3.05) is 13.7 Å². The summed E-state index contributed by atoms with van der Waals surface area (Å²) < 4.78 is 66.1. The number of halogens is 4. The lowest BCUT2D eigenvalue weighted by Gasteiger charge is -2.58. The molecule has 1 aromatic carbocycles. The second kappa shape index (κ2) is 6.29. The van der Waals surface area contributed by atoms with Crippen LogP contribution in [0.3, 0.4) is 0 Å². The fraction of sp³-hybridized carbons (Fsp3) is 0.550. The summed E-state index contributed by atoms with van der Waals surface area (Å²) in [5.41, 5.74) is -0.137. The van der Waals surface area contributed by atoms with Crippen molar-refractivity contribution in [1.82, 2.24) is 9.88 Å². The Morgan fingerprint density at radius 1 is 1.29 bits per heavy atom. The molecule has 5 atom stereocenters. The van der Waals surface area contributed by atoms with E-state index in [0.29, 0.717) is 17.7 Å². The molecule has 4 nitrogen and oxygen atoms in total. The molecule has 0 saturated carbocycles. The number of aliphatic hydroxyl groups is 1. The van der Waals surface area contributed by atoms with Gasteiger partial charge >= 0.3 is 6.05 Å². The van der Waals surface area contributed by atoms with Crippen LogP contribution in [0.1, 0.15) is 31.7 Å². The van der Waals surface area contributed by atoms with Crippen molar-refractivity contribution in [1.29, 1.82) is 0 Å². The van der Waals surface area contributed by atoms with Crippen molar-refractivity contribution in [2.24, 2.45) is 11.8 Å². The van der Waals surface area contributed by atoms with E-state index in [9.17, 15) is 13.9 Å². The third-order valence-corrected chi connectivity index (χ3v) is 6.28. The van der Waals surface area contributed by atoms with Gasteiger partial charge in [-0.3, -0.25) is 4.98 Å². The number of fused-ring (bicyclic) bond motifs is 4. The van der Waals surface area contributed by atoms with Crippen molar-refractivity contribution < 1.29 is 27.4 Å². The Kier molecular flexibility index (Phi) is 4.35. The predicted molar refractivity (Wildman–Crippen MR) is 95.3 cm³/mol. The standard InChI is InChI=1S/C20H22F4N2O2/c1-3-12-11-26-18(21,9-13(12)10-19(26,22)23)20(24,27)16-6-7-25-17-5-4-14(28-2)8-15(16)17/h4-8,12-13,27H,3,9-11H2,1-2H3/t12-,13+,18-,20+/m0/s1. The summed E-state index contributed by atoms with van der Waals surface area (Å²) in [4.78, 5) is 4.31. The molecule has 1 aromatic heterocycles. The molecule has 4 heterocycles. The first-order chi connectivity index (χ1) is 13.1. The maximum atomic E-state index is 16.0. The van der Waals surface area contributed by atoms with E-state index in [1.807, 2.05) is 6.92 Å². The van der Waals surface area contributed by atoms with Crippen LogP contribution in [0.15, 0.2) is 30.5 Å². The average Bonchev–Trinajstić information content (AvgIpc) is 2.66. The Balaban J connectivity index is 1.85. The molecule has 0 aliphatic carbocycles. The molecule has 28 heavy (non-hydrogen) atoms. The number of ether oxygens (including phenoxy) is 1. The van der Waals surface area contributed by atoms with E-state index in [-0.39, 0.29) is 22.7 Å². The first kappa shape index (κ1) is 19.4. The molecule has 2 aromatic rings. The summed E-state index contributed by atoms with van der Waals surface area (Å²) in [6.45, 7) is 1.54. The predicted octanol–water partition coefficient (Wildman–Crippen LogP) is 4.37. The van der Waals surface area contributed by atoms with Crippen LogP contribution in [0.5, 0.6) is 5.75 Å². The fourth-order valence-corrected chi connectivity index (χ4v) is 4.73. The Morgan fingerprint density at radius 2 is 2.04 bits per heavy atom. The van der Waals surface area contributed by atoms with Gasteiger partial charge in [0.05, 0.1) is 12.6 Å². The average molecular weight is 398 g/mol. The number of hydrogen-bond acceptors (Lipinski definition) is 4. The molecule has 3 saturated heterocycles. The van der Waals surface area contributed by atoms with Crippen LogP contribution >= 0.6 is 0 Å². The van der Waals surface area contributed by atoms with Gasteiger partial charge in [0.25, 0.3) is 5.85 Å². The van der Waals surface area contributed by atoms with Crippen LogP contribution in [-0.4, -0.2) is 40.5 Å². The van der Waals surface area contributed by atoms with Crippen molar-refractivity contribution in [3.8, 4) is 5.75 Å². The van der Waals surface area contributed by atoms with Gasteiger partial charge < -0.3 is 9.84 Å². The van der Waals surface area contributed by atoms with Gasteiger partial charge in [-0.05, 0) is 36.1 Å². The minimum atomic E-state index is -3.65. The van der Waals surface area contributed by atoms with Gasteiger partial charge in [-0.1, -0.05) is 13.3 Å². The van der Waals surface area contributed by atoms with E-state index in [0.717, 1.165) is 6.07 Å². The van der Waals surface area contributed by atoms with Crippen molar-refractivity contribution >= 4 is 10.9 Å². The molecule has 3 aliphatic rings. The first-order valence-electron chi connectivity index (χ1n) is 9.33. The maximum absolute atomic E-state index is 16.0. The van der Waals surface area contributed by atoms with Crippen LogP contribution in [0.4, 0.5) is 17.6 Å². The van der Waals surface area contributed by atoms with E-state index in [4.69, 9.17) is 4.74 Å². The lowest BCUT2D eigenvalue weighted by Crippen LogP contribution is -2.72. The normalized spacial score (nSPS) is 33.6. The van der Waals surface area contributed by atoms with Crippen LogP contribution in [0, 0.1) is 11.8 Å². The quantitative estimate of drug-likeness (QED) is 0.614. The van der Waals surface area contributed by atoms with E-state index >= 15 is 8.78 Å². The van der Waals surface area contributed by atoms with Gasteiger partial charge in [0, 0.05) is 36.5 Å². The van der Waals surface area contributed by atoms with Crippen molar-refractivity contribution in [3.63, 3.8) is 0 Å². The second-order valence-electron chi connectivity index (χ2n) is 7.74.